The van der Waals surface area contributed by atoms with Gasteiger partial charge in [0.2, 0.25) is 0 Å². The summed E-state index contributed by atoms with van der Waals surface area (Å²) >= 11 is 0. The summed E-state index contributed by atoms with van der Waals surface area (Å²) in [7, 11) is 1.74. The first-order valence-electron chi connectivity index (χ1n) is 7.83. The molecule has 3 amide bonds. The number of nitrogens with one attached hydrogen (secondary N) is 2. The van der Waals surface area contributed by atoms with E-state index < -0.39 is 24.0 Å². The van der Waals surface area contributed by atoms with E-state index in [0.717, 1.165) is 31.4 Å². The molecule has 1 aromatic rings. The van der Waals surface area contributed by atoms with Crippen LogP contribution in [0, 0.1) is 6.92 Å². The van der Waals surface area contributed by atoms with E-state index in [1.54, 1.807) is 23.7 Å². The fourth-order valence-electron chi connectivity index (χ4n) is 2.60. The molecule has 1 fully saturated rings. The molecule has 1 heterocycles. The van der Waals surface area contributed by atoms with E-state index in [0.29, 0.717) is 5.69 Å². The lowest BCUT2D eigenvalue weighted by atomic mass is 10.2. The molecule has 1 aliphatic carbocycles. The van der Waals surface area contributed by atoms with Crippen LogP contribution in [0.1, 0.15) is 48.8 Å². The van der Waals surface area contributed by atoms with Crippen LogP contribution in [0.15, 0.2) is 12.1 Å². The molecule has 1 saturated carbocycles. The molecule has 0 aromatic carbocycles. The number of urea groups is 1. The van der Waals surface area contributed by atoms with Crippen molar-refractivity contribution < 1.29 is 19.1 Å². The third-order valence-corrected chi connectivity index (χ3v) is 4.16. The Labute approximate surface area is 135 Å². The summed E-state index contributed by atoms with van der Waals surface area (Å²) in [6.45, 7) is 3.30. The van der Waals surface area contributed by atoms with Gasteiger partial charge in [0.05, 0.1) is 0 Å². The summed E-state index contributed by atoms with van der Waals surface area (Å²) in [5.41, 5.74) is 1.27. The zero-order valence-electron chi connectivity index (χ0n) is 13.7. The Morgan fingerprint density at radius 1 is 1.26 bits per heavy atom. The van der Waals surface area contributed by atoms with Gasteiger partial charge in [-0.15, -0.1) is 0 Å². The molecule has 0 saturated heterocycles. The second-order valence-electron chi connectivity index (χ2n) is 5.91. The number of nitrogens with zero attached hydrogens (tertiary/aromatic N) is 1. The van der Waals surface area contributed by atoms with Crippen molar-refractivity contribution in [1.82, 2.24) is 15.2 Å². The highest BCUT2D eigenvalue weighted by atomic mass is 16.5. The van der Waals surface area contributed by atoms with E-state index in [9.17, 15) is 14.4 Å². The number of hydrogen-bond donors (Lipinski definition) is 2. The van der Waals surface area contributed by atoms with Crippen LogP contribution in [0.25, 0.3) is 0 Å². The molecule has 0 bridgehead atoms. The minimum atomic E-state index is -1.05. The Balaban J connectivity index is 1.83. The molecule has 7 heteroatoms. The Bertz CT molecular complexity index is 602. The molecule has 1 aliphatic rings. The third-order valence-electron chi connectivity index (χ3n) is 4.16. The van der Waals surface area contributed by atoms with Crippen molar-refractivity contribution in [2.45, 2.75) is 51.7 Å². The van der Waals surface area contributed by atoms with Crippen LogP contribution in [0.4, 0.5) is 4.79 Å². The number of hydrogen-bond acceptors (Lipinski definition) is 4. The van der Waals surface area contributed by atoms with Crippen LogP contribution in [0.3, 0.4) is 0 Å². The normalized spacial score (nSPS) is 16.0. The van der Waals surface area contributed by atoms with E-state index >= 15 is 0 Å². The number of carbonyl (C=O) groups is 3. The van der Waals surface area contributed by atoms with Gasteiger partial charge in [-0.3, -0.25) is 10.1 Å². The molecule has 7 nitrogen and oxygen atoms in total. The van der Waals surface area contributed by atoms with Gasteiger partial charge in [0, 0.05) is 18.8 Å². The Kier molecular flexibility index (Phi) is 5.41. The number of aromatic nitrogens is 1. The topological polar surface area (TPSA) is 89.4 Å². The standard InChI is InChI=1S/C16H23N3O4/c1-10-8-9-13(19(10)3)15(21)23-11(2)14(20)18-16(22)17-12-6-4-5-7-12/h8-9,11-12H,4-7H2,1-3H3,(H2,17,18,20,22)/t11-/m0/s1. The van der Waals surface area contributed by atoms with Crippen molar-refractivity contribution in [3.63, 3.8) is 0 Å². The predicted molar refractivity (Wildman–Crippen MR) is 84.0 cm³/mol. The highest BCUT2D eigenvalue weighted by molar-refractivity contribution is 5.98. The molecule has 0 spiro atoms. The second kappa shape index (κ2) is 7.30. The van der Waals surface area contributed by atoms with Crippen molar-refractivity contribution in [1.29, 1.82) is 0 Å². The zero-order chi connectivity index (χ0) is 17.0. The maximum Gasteiger partial charge on any atom is 0.355 e. The number of amides is 3. The number of imide groups is 1. The summed E-state index contributed by atoms with van der Waals surface area (Å²) in [5.74, 6) is -1.24. The average molecular weight is 321 g/mol. The summed E-state index contributed by atoms with van der Waals surface area (Å²) in [5, 5.41) is 4.96. The van der Waals surface area contributed by atoms with Gasteiger partial charge >= 0.3 is 12.0 Å². The van der Waals surface area contributed by atoms with E-state index in [2.05, 4.69) is 10.6 Å². The van der Waals surface area contributed by atoms with Crippen molar-refractivity contribution >= 4 is 17.9 Å². The van der Waals surface area contributed by atoms with Gasteiger partial charge in [0.1, 0.15) is 5.69 Å². The predicted octanol–water partition coefficient (Wildman–Crippen LogP) is 1.65. The maximum atomic E-state index is 12.0. The monoisotopic (exact) mass is 321 g/mol. The van der Waals surface area contributed by atoms with Gasteiger partial charge in [0.15, 0.2) is 6.10 Å². The highest BCUT2D eigenvalue weighted by Gasteiger charge is 2.24. The largest absolute Gasteiger partial charge is 0.448 e. The van der Waals surface area contributed by atoms with Gasteiger partial charge in [-0.1, -0.05) is 12.8 Å². The first-order valence-corrected chi connectivity index (χ1v) is 7.83. The number of rotatable bonds is 4. The molecule has 2 rings (SSSR count). The van der Waals surface area contributed by atoms with Gasteiger partial charge < -0.3 is 14.6 Å². The number of esters is 1. The van der Waals surface area contributed by atoms with Crippen LogP contribution < -0.4 is 10.6 Å². The van der Waals surface area contributed by atoms with E-state index in [4.69, 9.17) is 4.74 Å². The molecule has 126 valence electrons. The van der Waals surface area contributed by atoms with Crippen LogP contribution in [-0.4, -0.2) is 34.6 Å². The SMILES string of the molecule is Cc1ccc(C(=O)O[C@@H](C)C(=O)NC(=O)NC2CCCC2)n1C. The van der Waals surface area contributed by atoms with Crippen LogP contribution in [0.5, 0.6) is 0 Å². The second-order valence-corrected chi connectivity index (χ2v) is 5.91. The quantitative estimate of drug-likeness (QED) is 0.825. The highest BCUT2D eigenvalue weighted by Crippen LogP contribution is 2.17. The zero-order valence-corrected chi connectivity index (χ0v) is 13.7. The van der Waals surface area contributed by atoms with Crippen LogP contribution >= 0.6 is 0 Å². The van der Waals surface area contributed by atoms with Crippen LogP contribution in [-0.2, 0) is 16.6 Å². The molecular weight excluding hydrogens is 298 g/mol. The van der Waals surface area contributed by atoms with E-state index in [1.165, 1.54) is 6.92 Å². The number of carbonyl (C=O) groups excluding carboxylic acids is 3. The van der Waals surface area contributed by atoms with Gasteiger partial charge in [-0.2, -0.15) is 0 Å². The maximum absolute atomic E-state index is 12.0. The van der Waals surface area contributed by atoms with Crippen molar-refractivity contribution in [2.24, 2.45) is 7.05 Å². The van der Waals surface area contributed by atoms with Crippen molar-refractivity contribution in [3.05, 3.63) is 23.5 Å². The molecular formula is C16H23N3O4. The third kappa shape index (κ3) is 4.34. The molecule has 23 heavy (non-hydrogen) atoms. The number of ether oxygens (including phenoxy) is 1. The summed E-state index contributed by atoms with van der Waals surface area (Å²) in [4.78, 5) is 35.7. The first kappa shape index (κ1) is 17.1. The Hall–Kier alpha value is -2.31. The molecule has 0 unspecified atom stereocenters. The lowest BCUT2D eigenvalue weighted by Gasteiger charge is -2.15. The Morgan fingerprint density at radius 2 is 1.91 bits per heavy atom. The Morgan fingerprint density at radius 3 is 2.48 bits per heavy atom. The molecule has 1 aromatic heterocycles. The van der Waals surface area contributed by atoms with Gasteiger partial charge in [-0.05, 0) is 38.8 Å². The molecule has 1 atom stereocenters. The fourth-order valence-corrected chi connectivity index (χ4v) is 2.60. The minimum absolute atomic E-state index is 0.118. The number of aryl methyl sites for hydroxylation is 1. The van der Waals surface area contributed by atoms with E-state index in [1.807, 2.05) is 6.92 Å². The lowest BCUT2D eigenvalue weighted by Crippen LogP contribution is -2.47. The minimum Gasteiger partial charge on any atom is -0.448 e. The smallest absolute Gasteiger partial charge is 0.355 e. The summed E-state index contributed by atoms with van der Waals surface area (Å²) in [6, 6.07) is 3.00. The van der Waals surface area contributed by atoms with E-state index in [-0.39, 0.29) is 6.04 Å². The molecule has 0 aliphatic heterocycles. The van der Waals surface area contributed by atoms with Crippen molar-refractivity contribution in [3.8, 4) is 0 Å². The fraction of sp³-hybridized carbons (Fsp3) is 0.562. The first-order chi connectivity index (χ1) is 10.9. The summed E-state index contributed by atoms with van der Waals surface area (Å²) < 4.78 is 6.79. The molecule has 0 radical (unpaired) electrons. The van der Waals surface area contributed by atoms with Crippen LogP contribution in [0.2, 0.25) is 0 Å². The lowest BCUT2D eigenvalue weighted by molar-refractivity contribution is -0.127. The van der Waals surface area contributed by atoms with Gasteiger partial charge in [-0.25, -0.2) is 9.59 Å². The average Bonchev–Trinajstić information content (AvgIpc) is 3.10. The van der Waals surface area contributed by atoms with Crippen molar-refractivity contribution in [2.75, 3.05) is 0 Å². The molecule has 2 N–H and O–H groups in total. The summed E-state index contributed by atoms with van der Waals surface area (Å²) in [6.07, 6.45) is 2.98. The van der Waals surface area contributed by atoms with Gasteiger partial charge in [0.25, 0.3) is 5.91 Å².